The Morgan fingerprint density at radius 2 is 2.12 bits per heavy atom. The van der Waals surface area contributed by atoms with Crippen LogP contribution in [-0.2, 0) is 4.74 Å². The summed E-state index contributed by atoms with van der Waals surface area (Å²) in [6, 6.07) is 12.6. The average molecular weight is 214 g/mol. The number of hydrogen-bond acceptors (Lipinski definition) is 2. The van der Waals surface area contributed by atoms with Crippen molar-refractivity contribution in [3.05, 3.63) is 42.0 Å². The van der Waals surface area contributed by atoms with E-state index in [1.54, 1.807) is 0 Å². The Hall–Kier alpha value is -1.54. The SMILES string of the molecule is Cc1cc(OCC2CO2)c2ccccc2c1. The number of fused-ring (bicyclic) bond motifs is 1. The third kappa shape index (κ3) is 1.89. The van der Waals surface area contributed by atoms with Crippen LogP contribution in [0, 0.1) is 6.92 Å². The van der Waals surface area contributed by atoms with Gasteiger partial charge >= 0.3 is 0 Å². The fraction of sp³-hybridized carbons (Fsp3) is 0.286. The van der Waals surface area contributed by atoms with E-state index in [1.807, 2.05) is 6.07 Å². The van der Waals surface area contributed by atoms with E-state index in [0.717, 1.165) is 12.4 Å². The van der Waals surface area contributed by atoms with E-state index in [0.29, 0.717) is 12.7 Å². The number of hydrogen-bond donors (Lipinski definition) is 0. The highest BCUT2D eigenvalue weighted by Gasteiger charge is 2.23. The van der Waals surface area contributed by atoms with E-state index in [-0.39, 0.29) is 0 Å². The smallest absolute Gasteiger partial charge is 0.127 e. The highest BCUT2D eigenvalue weighted by molar-refractivity contribution is 5.88. The summed E-state index contributed by atoms with van der Waals surface area (Å²) >= 11 is 0. The molecule has 1 unspecified atom stereocenters. The summed E-state index contributed by atoms with van der Waals surface area (Å²) in [6.45, 7) is 3.59. The van der Waals surface area contributed by atoms with Crippen LogP contribution in [-0.4, -0.2) is 19.3 Å². The zero-order valence-corrected chi connectivity index (χ0v) is 9.27. The maximum atomic E-state index is 5.80. The summed E-state index contributed by atoms with van der Waals surface area (Å²) in [5, 5.41) is 2.41. The summed E-state index contributed by atoms with van der Waals surface area (Å²) in [5.74, 6) is 0.964. The second-order valence-corrected chi connectivity index (χ2v) is 4.25. The molecule has 16 heavy (non-hydrogen) atoms. The van der Waals surface area contributed by atoms with Crippen molar-refractivity contribution in [3.8, 4) is 5.75 Å². The van der Waals surface area contributed by atoms with Crippen LogP contribution in [0.15, 0.2) is 36.4 Å². The molecule has 2 aromatic rings. The van der Waals surface area contributed by atoms with Crippen molar-refractivity contribution in [1.29, 1.82) is 0 Å². The van der Waals surface area contributed by atoms with E-state index in [4.69, 9.17) is 9.47 Å². The first kappa shape index (κ1) is 9.67. The second-order valence-electron chi connectivity index (χ2n) is 4.25. The highest BCUT2D eigenvalue weighted by Crippen LogP contribution is 2.28. The molecule has 0 aromatic heterocycles. The third-order valence-electron chi connectivity index (χ3n) is 2.80. The van der Waals surface area contributed by atoms with Gasteiger partial charge in [0.2, 0.25) is 0 Å². The molecule has 1 aliphatic heterocycles. The zero-order chi connectivity index (χ0) is 11.0. The lowest BCUT2D eigenvalue weighted by molar-refractivity contribution is 0.265. The van der Waals surface area contributed by atoms with E-state index < -0.39 is 0 Å². The molecule has 0 aliphatic carbocycles. The van der Waals surface area contributed by atoms with Crippen LogP contribution in [0.25, 0.3) is 10.8 Å². The molecule has 1 fully saturated rings. The molecule has 0 bridgehead atoms. The van der Waals surface area contributed by atoms with Gasteiger partial charge in [0.15, 0.2) is 0 Å². The number of benzene rings is 2. The Morgan fingerprint density at radius 1 is 1.31 bits per heavy atom. The summed E-state index contributed by atoms with van der Waals surface area (Å²) in [5.41, 5.74) is 1.23. The number of ether oxygens (including phenoxy) is 2. The first-order chi connectivity index (χ1) is 7.83. The van der Waals surface area contributed by atoms with Gasteiger partial charge in [-0.2, -0.15) is 0 Å². The number of rotatable bonds is 3. The standard InChI is InChI=1S/C14H14O2/c1-10-6-11-4-2-3-5-13(11)14(7-10)16-9-12-8-15-12/h2-7,12H,8-9H2,1H3. The van der Waals surface area contributed by atoms with Crippen LogP contribution < -0.4 is 4.74 Å². The van der Waals surface area contributed by atoms with Crippen LogP contribution in [0.3, 0.4) is 0 Å². The topological polar surface area (TPSA) is 21.8 Å². The minimum Gasteiger partial charge on any atom is -0.490 e. The van der Waals surface area contributed by atoms with E-state index >= 15 is 0 Å². The molecule has 0 radical (unpaired) electrons. The molecule has 82 valence electrons. The summed E-state index contributed by atoms with van der Waals surface area (Å²) < 4.78 is 10.9. The van der Waals surface area contributed by atoms with Crippen molar-refractivity contribution in [2.24, 2.45) is 0 Å². The molecule has 2 aromatic carbocycles. The van der Waals surface area contributed by atoms with Crippen LogP contribution >= 0.6 is 0 Å². The van der Waals surface area contributed by atoms with Crippen molar-refractivity contribution in [2.75, 3.05) is 13.2 Å². The molecule has 1 aliphatic rings. The Kier molecular flexibility index (Phi) is 2.29. The Morgan fingerprint density at radius 3 is 2.94 bits per heavy atom. The van der Waals surface area contributed by atoms with E-state index in [2.05, 4.69) is 37.3 Å². The summed E-state index contributed by atoms with van der Waals surface area (Å²) in [7, 11) is 0. The molecule has 0 spiro atoms. The van der Waals surface area contributed by atoms with Gasteiger partial charge in [-0.15, -0.1) is 0 Å². The van der Waals surface area contributed by atoms with Crippen molar-refractivity contribution in [3.63, 3.8) is 0 Å². The second kappa shape index (κ2) is 3.80. The van der Waals surface area contributed by atoms with Gasteiger partial charge in [-0.05, 0) is 23.9 Å². The van der Waals surface area contributed by atoms with Gasteiger partial charge in [-0.3, -0.25) is 0 Å². The van der Waals surface area contributed by atoms with Crippen LogP contribution in [0.2, 0.25) is 0 Å². The van der Waals surface area contributed by atoms with Crippen molar-refractivity contribution >= 4 is 10.8 Å². The highest BCUT2D eigenvalue weighted by atomic mass is 16.6. The predicted molar refractivity (Wildman–Crippen MR) is 63.9 cm³/mol. The lowest BCUT2D eigenvalue weighted by Gasteiger charge is -2.09. The molecule has 1 saturated heterocycles. The normalized spacial score (nSPS) is 18.7. The molecule has 2 heteroatoms. The quantitative estimate of drug-likeness (QED) is 0.733. The lowest BCUT2D eigenvalue weighted by atomic mass is 10.1. The minimum absolute atomic E-state index is 0.305. The van der Waals surface area contributed by atoms with Crippen molar-refractivity contribution < 1.29 is 9.47 Å². The lowest BCUT2D eigenvalue weighted by Crippen LogP contribution is -2.04. The molecule has 0 saturated carbocycles. The Balaban J connectivity index is 1.99. The summed E-state index contributed by atoms with van der Waals surface area (Å²) in [6.07, 6.45) is 0.305. The van der Waals surface area contributed by atoms with Gasteiger partial charge in [0, 0.05) is 5.39 Å². The van der Waals surface area contributed by atoms with E-state index in [1.165, 1.54) is 16.3 Å². The number of aryl methyl sites for hydroxylation is 1. The first-order valence-corrected chi connectivity index (χ1v) is 5.57. The van der Waals surface area contributed by atoms with Crippen molar-refractivity contribution in [1.82, 2.24) is 0 Å². The maximum absolute atomic E-state index is 5.80. The minimum atomic E-state index is 0.305. The van der Waals surface area contributed by atoms with Gasteiger partial charge < -0.3 is 9.47 Å². The Bertz CT molecular complexity index is 515. The molecule has 2 nitrogen and oxygen atoms in total. The summed E-state index contributed by atoms with van der Waals surface area (Å²) in [4.78, 5) is 0. The van der Waals surface area contributed by atoms with Gasteiger partial charge in [-0.1, -0.05) is 30.3 Å². The third-order valence-corrected chi connectivity index (χ3v) is 2.80. The predicted octanol–water partition coefficient (Wildman–Crippen LogP) is 2.93. The molecule has 0 amide bonds. The fourth-order valence-corrected chi connectivity index (χ4v) is 1.89. The van der Waals surface area contributed by atoms with Crippen molar-refractivity contribution in [2.45, 2.75) is 13.0 Å². The number of epoxide rings is 1. The zero-order valence-electron chi connectivity index (χ0n) is 9.27. The molecular weight excluding hydrogens is 200 g/mol. The molecule has 3 rings (SSSR count). The van der Waals surface area contributed by atoms with Gasteiger partial charge in [0.1, 0.15) is 18.5 Å². The monoisotopic (exact) mass is 214 g/mol. The van der Waals surface area contributed by atoms with Gasteiger partial charge in [-0.25, -0.2) is 0 Å². The van der Waals surface area contributed by atoms with E-state index in [9.17, 15) is 0 Å². The fourth-order valence-electron chi connectivity index (χ4n) is 1.89. The Labute approximate surface area is 94.8 Å². The van der Waals surface area contributed by atoms with Gasteiger partial charge in [0.05, 0.1) is 6.61 Å². The largest absolute Gasteiger partial charge is 0.490 e. The van der Waals surface area contributed by atoms with Crippen LogP contribution in [0.1, 0.15) is 5.56 Å². The van der Waals surface area contributed by atoms with Crippen LogP contribution in [0.4, 0.5) is 0 Å². The molecule has 1 atom stereocenters. The molecule has 0 N–H and O–H groups in total. The maximum Gasteiger partial charge on any atom is 0.127 e. The molecule has 1 heterocycles. The van der Waals surface area contributed by atoms with Crippen LogP contribution in [0.5, 0.6) is 5.75 Å². The van der Waals surface area contributed by atoms with Gasteiger partial charge in [0.25, 0.3) is 0 Å². The average Bonchev–Trinajstić information content (AvgIpc) is 3.09. The first-order valence-electron chi connectivity index (χ1n) is 5.57. The molecular formula is C14H14O2.